The molecule has 0 atom stereocenters. The third-order valence-corrected chi connectivity index (χ3v) is 1.66. The van der Waals surface area contributed by atoms with Crippen LogP contribution in [0.25, 0.3) is 0 Å². The lowest BCUT2D eigenvalue weighted by Crippen LogP contribution is -2.42. The van der Waals surface area contributed by atoms with E-state index in [1.807, 2.05) is 0 Å². The van der Waals surface area contributed by atoms with Gasteiger partial charge >= 0.3 is 12.0 Å². The molecule has 0 aliphatic rings. The van der Waals surface area contributed by atoms with E-state index in [0.717, 1.165) is 12.3 Å². The molecule has 0 fully saturated rings. The number of pyridine rings is 1. The van der Waals surface area contributed by atoms with Crippen molar-refractivity contribution in [3.63, 3.8) is 0 Å². The molecule has 1 heterocycles. The Balaban J connectivity index is 3.10. The molecule has 78 valence electrons. The van der Waals surface area contributed by atoms with Crippen LogP contribution in [0.15, 0.2) is 18.3 Å². The molecule has 0 aliphatic heterocycles. The summed E-state index contributed by atoms with van der Waals surface area (Å²) in [6.45, 7) is 1.63. The van der Waals surface area contributed by atoms with Crippen LogP contribution in [0.5, 0.6) is 0 Å². The highest BCUT2D eigenvalue weighted by Gasteiger charge is 2.55. The second kappa shape index (κ2) is 3.21. The predicted octanol–water partition coefficient (Wildman–Crippen LogP) is 1.09. The van der Waals surface area contributed by atoms with Gasteiger partial charge in [-0.1, -0.05) is 6.07 Å². The maximum absolute atomic E-state index is 12.1. The minimum atomic E-state index is -5.16. The summed E-state index contributed by atoms with van der Waals surface area (Å²) in [7, 11) is 0. The van der Waals surface area contributed by atoms with E-state index in [1.165, 1.54) is 6.07 Å². The lowest BCUT2D eigenvalue weighted by Gasteiger charge is -2.23. The maximum Gasteiger partial charge on any atom is 0.449 e. The van der Waals surface area contributed by atoms with Crippen molar-refractivity contribution in [2.75, 3.05) is 0 Å². The highest BCUT2D eigenvalue weighted by atomic mass is 19.4. The topological polar surface area (TPSA) is 53.4 Å². The Morgan fingerprint density at radius 3 is 2.14 bits per heavy atom. The van der Waals surface area contributed by atoms with Crippen LogP contribution in [0.1, 0.15) is 11.3 Å². The van der Waals surface area contributed by atoms with Gasteiger partial charge < -0.3 is 10.2 Å². The second-order valence-electron chi connectivity index (χ2n) is 2.89. The van der Waals surface area contributed by atoms with Crippen molar-refractivity contribution in [3.8, 4) is 0 Å². The Morgan fingerprint density at radius 2 is 1.79 bits per heavy atom. The van der Waals surface area contributed by atoms with Crippen molar-refractivity contribution < 1.29 is 23.4 Å². The number of halogens is 3. The Kier molecular flexibility index (Phi) is 2.51. The zero-order valence-corrected chi connectivity index (χ0v) is 7.21. The summed E-state index contributed by atoms with van der Waals surface area (Å²) >= 11 is 0. The number of aryl methyl sites for hydroxylation is 1. The number of hydrogen-bond donors (Lipinski definition) is 2. The van der Waals surface area contributed by atoms with Crippen molar-refractivity contribution in [2.24, 2.45) is 0 Å². The fourth-order valence-electron chi connectivity index (χ4n) is 0.819. The van der Waals surface area contributed by atoms with Gasteiger partial charge in [-0.2, -0.15) is 13.2 Å². The molecule has 0 bridgehead atoms. The fraction of sp³-hybridized carbons (Fsp3) is 0.375. The molecule has 0 saturated heterocycles. The minimum absolute atomic E-state index is 0.631. The van der Waals surface area contributed by atoms with Crippen molar-refractivity contribution in [2.45, 2.75) is 18.9 Å². The minimum Gasteiger partial charge on any atom is -0.354 e. The van der Waals surface area contributed by atoms with Gasteiger partial charge in [0.05, 0.1) is 0 Å². The number of aromatic nitrogens is 1. The van der Waals surface area contributed by atoms with Gasteiger partial charge in [-0.05, 0) is 18.6 Å². The summed E-state index contributed by atoms with van der Waals surface area (Å²) in [6.07, 6.45) is -4.03. The zero-order valence-electron chi connectivity index (χ0n) is 7.21. The van der Waals surface area contributed by atoms with Crippen LogP contribution in [-0.2, 0) is 5.79 Å². The van der Waals surface area contributed by atoms with E-state index in [4.69, 9.17) is 10.2 Å². The van der Waals surface area contributed by atoms with E-state index >= 15 is 0 Å². The van der Waals surface area contributed by atoms with Gasteiger partial charge in [0.15, 0.2) is 0 Å². The molecule has 6 heteroatoms. The quantitative estimate of drug-likeness (QED) is 0.678. The lowest BCUT2D eigenvalue weighted by atomic mass is 10.1. The number of nitrogens with zero attached hydrogens (tertiary/aromatic N) is 1. The van der Waals surface area contributed by atoms with Gasteiger partial charge in [-0.15, -0.1) is 0 Å². The van der Waals surface area contributed by atoms with E-state index in [1.54, 1.807) is 6.92 Å². The summed E-state index contributed by atoms with van der Waals surface area (Å²) in [4.78, 5) is 3.30. The van der Waals surface area contributed by atoms with Gasteiger partial charge in [0.25, 0.3) is 0 Å². The largest absolute Gasteiger partial charge is 0.449 e. The van der Waals surface area contributed by atoms with Crippen LogP contribution in [0.4, 0.5) is 13.2 Å². The van der Waals surface area contributed by atoms with Gasteiger partial charge in [-0.3, -0.25) is 4.98 Å². The molecule has 1 aromatic heterocycles. The second-order valence-corrected chi connectivity index (χ2v) is 2.89. The molecule has 3 nitrogen and oxygen atoms in total. The van der Waals surface area contributed by atoms with E-state index in [2.05, 4.69) is 4.98 Å². The fourth-order valence-corrected chi connectivity index (χ4v) is 0.819. The number of aliphatic hydroxyl groups is 2. The summed E-state index contributed by atoms with van der Waals surface area (Å²) in [5.41, 5.74) is -0.206. The molecule has 14 heavy (non-hydrogen) atoms. The van der Waals surface area contributed by atoms with Crippen LogP contribution in [-0.4, -0.2) is 21.4 Å². The van der Waals surface area contributed by atoms with Gasteiger partial charge in [-0.25, -0.2) is 0 Å². The Hall–Kier alpha value is -1.14. The van der Waals surface area contributed by atoms with Gasteiger partial charge in [0.1, 0.15) is 5.69 Å². The molecule has 0 amide bonds. The first-order valence-electron chi connectivity index (χ1n) is 3.70. The third kappa shape index (κ3) is 1.85. The molecular weight excluding hydrogens is 199 g/mol. The van der Waals surface area contributed by atoms with Crippen LogP contribution >= 0.6 is 0 Å². The number of rotatable bonds is 1. The van der Waals surface area contributed by atoms with Crippen LogP contribution in [0, 0.1) is 6.92 Å². The zero-order chi connectivity index (χ0) is 11.0. The molecule has 1 rings (SSSR count). The summed E-state index contributed by atoms with van der Waals surface area (Å²) < 4.78 is 36.2. The van der Waals surface area contributed by atoms with Gasteiger partial charge in [0, 0.05) is 6.20 Å². The Labute approximate surface area is 77.8 Å². The van der Waals surface area contributed by atoms with Gasteiger partial charge in [0.2, 0.25) is 0 Å². The van der Waals surface area contributed by atoms with Crippen molar-refractivity contribution in [3.05, 3.63) is 29.6 Å². The molecule has 0 aliphatic carbocycles. The average Bonchev–Trinajstić information content (AvgIpc) is 2.03. The third-order valence-electron chi connectivity index (χ3n) is 1.66. The first-order valence-corrected chi connectivity index (χ1v) is 3.70. The molecule has 0 unspecified atom stereocenters. The van der Waals surface area contributed by atoms with Crippen LogP contribution in [0.3, 0.4) is 0 Å². The van der Waals surface area contributed by atoms with Crippen molar-refractivity contribution in [1.29, 1.82) is 0 Å². The molecular formula is C8H8F3NO2. The van der Waals surface area contributed by atoms with Crippen molar-refractivity contribution >= 4 is 0 Å². The number of alkyl halides is 3. The summed E-state index contributed by atoms with van der Waals surface area (Å²) in [6, 6.07) is 2.23. The Morgan fingerprint density at radius 1 is 1.21 bits per heavy atom. The number of hydrogen-bond acceptors (Lipinski definition) is 3. The average molecular weight is 207 g/mol. The Bertz CT molecular complexity index is 318. The summed E-state index contributed by atoms with van der Waals surface area (Å²) in [5, 5.41) is 17.6. The first-order chi connectivity index (χ1) is 6.25. The highest BCUT2D eigenvalue weighted by molar-refractivity contribution is 5.16. The smallest absolute Gasteiger partial charge is 0.354 e. The SMILES string of the molecule is Cc1ccc(C(O)(O)C(F)(F)F)nc1. The molecule has 1 aromatic rings. The van der Waals surface area contributed by atoms with Crippen molar-refractivity contribution in [1.82, 2.24) is 4.98 Å². The lowest BCUT2D eigenvalue weighted by molar-refractivity contribution is -0.359. The molecule has 0 spiro atoms. The highest BCUT2D eigenvalue weighted by Crippen LogP contribution is 2.35. The first kappa shape index (κ1) is 10.9. The molecule has 0 saturated carbocycles. The van der Waals surface area contributed by atoms with E-state index in [0.29, 0.717) is 5.56 Å². The molecule has 0 radical (unpaired) electrons. The van der Waals surface area contributed by atoms with Crippen LogP contribution < -0.4 is 0 Å². The predicted molar refractivity (Wildman–Crippen MR) is 41.1 cm³/mol. The molecule has 2 N–H and O–H groups in total. The summed E-state index contributed by atoms with van der Waals surface area (Å²) in [5.74, 6) is -3.89. The molecule has 0 aromatic carbocycles. The van der Waals surface area contributed by atoms with E-state index in [9.17, 15) is 13.2 Å². The monoisotopic (exact) mass is 207 g/mol. The normalized spacial score (nSPS) is 13.0. The van der Waals surface area contributed by atoms with Crippen LogP contribution in [0.2, 0.25) is 0 Å². The standard InChI is InChI=1S/C8H8F3NO2/c1-5-2-3-6(12-4-5)7(13,14)8(9,10)11/h2-4,13-14H,1H3. The van der Waals surface area contributed by atoms with E-state index < -0.39 is 17.7 Å². The maximum atomic E-state index is 12.1. The van der Waals surface area contributed by atoms with E-state index in [-0.39, 0.29) is 0 Å².